The number of nitrogens with zero attached hydrogens (tertiary/aromatic N) is 1. The first-order valence-corrected chi connectivity index (χ1v) is 6.83. The molecule has 0 radical (unpaired) electrons. The first-order valence-electron chi connectivity index (χ1n) is 6.83. The largest absolute Gasteiger partial charge is 0.479 e. The number of aliphatic carboxylic acids is 1. The van der Waals surface area contributed by atoms with E-state index in [1.807, 2.05) is 6.92 Å². The van der Waals surface area contributed by atoms with Crippen molar-refractivity contribution in [2.75, 3.05) is 6.54 Å². The van der Waals surface area contributed by atoms with Crippen LogP contribution in [0, 0.1) is 5.82 Å². The second kappa shape index (κ2) is 5.61. The van der Waals surface area contributed by atoms with Crippen molar-refractivity contribution in [3.63, 3.8) is 0 Å². The van der Waals surface area contributed by atoms with E-state index in [9.17, 15) is 19.1 Å². The SMILES string of the molecule is CCCC1(C(=O)O)CCCN1C(=O)c1ccccc1F. The molecule has 1 aromatic carbocycles. The molecule has 20 heavy (non-hydrogen) atoms. The minimum absolute atomic E-state index is 0.0591. The Balaban J connectivity index is 2.38. The van der Waals surface area contributed by atoms with E-state index in [4.69, 9.17) is 0 Å². The van der Waals surface area contributed by atoms with Gasteiger partial charge < -0.3 is 10.0 Å². The van der Waals surface area contributed by atoms with Gasteiger partial charge in [0.2, 0.25) is 0 Å². The van der Waals surface area contributed by atoms with Gasteiger partial charge in [-0.2, -0.15) is 0 Å². The van der Waals surface area contributed by atoms with E-state index in [0.717, 1.165) is 0 Å². The van der Waals surface area contributed by atoms with Crippen molar-refractivity contribution >= 4 is 11.9 Å². The zero-order valence-electron chi connectivity index (χ0n) is 11.4. The first kappa shape index (κ1) is 14.5. The third-order valence-corrected chi connectivity index (χ3v) is 3.90. The van der Waals surface area contributed by atoms with Crippen molar-refractivity contribution in [2.24, 2.45) is 0 Å². The summed E-state index contributed by atoms with van der Waals surface area (Å²) >= 11 is 0. The van der Waals surface area contributed by atoms with E-state index >= 15 is 0 Å². The molecule has 0 aromatic heterocycles. The molecule has 4 nitrogen and oxygen atoms in total. The quantitative estimate of drug-likeness (QED) is 0.922. The van der Waals surface area contributed by atoms with Gasteiger partial charge in [-0.15, -0.1) is 0 Å². The molecule has 1 aliphatic heterocycles. The summed E-state index contributed by atoms with van der Waals surface area (Å²) in [6.45, 7) is 2.24. The standard InChI is InChI=1S/C15H18FNO3/c1-2-8-15(14(19)20)9-5-10-17(15)13(18)11-6-3-4-7-12(11)16/h3-4,6-7H,2,5,8-10H2,1H3,(H,19,20). The molecule has 0 spiro atoms. The monoisotopic (exact) mass is 279 g/mol. The third kappa shape index (κ3) is 2.28. The Bertz CT molecular complexity index is 532. The average molecular weight is 279 g/mol. The van der Waals surface area contributed by atoms with Crippen LogP contribution < -0.4 is 0 Å². The molecule has 0 saturated carbocycles. The molecule has 1 aromatic rings. The van der Waals surface area contributed by atoms with E-state index in [0.29, 0.717) is 32.2 Å². The number of amides is 1. The van der Waals surface area contributed by atoms with Crippen LogP contribution in [0.15, 0.2) is 24.3 Å². The van der Waals surface area contributed by atoms with Crippen molar-refractivity contribution < 1.29 is 19.1 Å². The molecule has 0 aliphatic carbocycles. The van der Waals surface area contributed by atoms with Crippen LogP contribution in [0.4, 0.5) is 4.39 Å². The number of carboxylic acid groups (broad SMARTS) is 1. The fraction of sp³-hybridized carbons (Fsp3) is 0.467. The Labute approximate surface area is 117 Å². The number of carbonyl (C=O) groups excluding carboxylic acids is 1. The number of likely N-dealkylation sites (tertiary alicyclic amines) is 1. The lowest BCUT2D eigenvalue weighted by molar-refractivity contribution is -0.148. The summed E-state index contributed by atoms with van der Waals surface area (Å²) in [6, 6.07) is 5.70. The van der Waals surface area contributed by atoms with Gasteiger partial charge in [0.05, 0.1) is 5.56 Å². The smallest absolute Gasteiger partial charge is 0.329 e. The van der Waals surface area contributed by atoms with E-state index in [1.54, 1.807) is 6.07 Å². The van der Waals surface area contributed by atoms with Gasteiger partial charge in [-0.05, 0) is 31.4 Å². The lowest BCUT2D eigenvalue weighted by atomic mass is 9.90. The molecule has 1 atom stereocenters. The molecule has 1 heterocycles. The van der Waals surface area contributed by atoms with Crippen LogP contribution >= 0.6 is 0 Å². The Morgan fingerprint density at radius 2 is 2.10 bits per heavy atom. The fourth-order valence-electron chi connectivity index (χ4n) is 2.96. The normalized spacial score (nSPS) is 22.0. The van der Waals surface area contributed by atoms with Crippen molar-refractivity contribution in [3.05, 3.63) is 35.6 Å². The third-order valence-electron chi connectivity index (χ3n) is 3.90. The summed E-state index contributed by atoms with van der Waals surface area (Å²) in [6.07, 6.45) is 2.11. The Kier molecular flexibility index (Phi) is 4.06. The molecule has 0 bridgehead atoms. The Hall–Kier alpha value is -1.91. The molecule has 5 heteroatoms. The van der Waals surface area contributed by atoms with Crippen LogP contribution in [0.1, 0.15) is 43.0 Å². The highest BCUT2D eigenvalue weighted by molar-refractivity contribution is 5.98. The minimum Gasteiger partial charge on any atom is -0.479 e. The van der Waals surface area contributed by atoms with E-state index in [2.05, 4.69) is 0 Å². The summed E-state index contributed by atoms with van der Waals surface area (Å²) in [5.41, 5.74) is -1.25. The zero-order valence-corrected chi connectivity index (χ0v) is 11.4. The number of hydrogen-bond acceptors (Lipinski definition) is 2. The van der Waals surface area contributed by atoms with Crippen LogP contribution in [0.2, 0.25) is 0 Å². The molecule has 1 amide bonds. The zero-order chi connectivity index (χ0) is 14.8. The topological polar surface area (TPSA) is 57.6 Å². The van der Waals surface area contributed by atoms with Gasteiger partial charge in [0.1, 0.15) is 11.4 Å². The number of carboxylic acids is 1. The van der Waals surface area contributed by atoms with Crippen LogP contribution in [-0.2, 0) is 4.79 Å². The molecule has 1 fully saturated rings. The molecule has 1 aliphatic rings. The van der Waals surface area contributed by atoms with Crippen LogP contribution in [0.25, 0.3) is 0 Å². The highest BCUT2D eigenvalue weighted by Crippen LogP contribution is 2.35. The summed E-state index contributed by atoms with van der Waals surface area (Å²) in [4.78, 5) is 25.5. The maximum Gasteiger partial charge on any atom is 0.329 e. The highest BCUT2D eigenvalue weighted by atomic mass is 19.1. The predicted molar refractivity (Wildman–Crippen MR) is 71.9 cm³/mol. The Morgan fingerprint density at radius 1 is 1.40 bits per heavy atom. The lowest BCUT2D eigenvalue weighted by Crippen LogP contribution is -2.53. The van der Waals surface area contributed by atoms with E-state index in [-0.39, 0.29) is 5.56 Å². The van der Waals surface area contributed by atoms with Crippen LogP contribution in [0.5, 0.6) is 0 Å². The molecular formula is C15H18FNO3. The van der Waals surface area contributed by atoms with Crippen molar-refractivity contribution in [1.82, 2.24) is 4.90 Å². The van der Waals surface area contributed by atoms with Crippen LogP contribution in [0.3, 0.4) is 0 Å². The summed E-state index contributed by atoms with van der Waals surface area (Å²) < 4.78 is 13.7. The van der Waals surface area contributed by atoms with Crippen LogP contribution in [-0.4, -0.2) is 34.0 Å². The molecular weight excluding hydrogens is 261 g/mol. The summed E-state index contributed by atoms with van der Waals surface area (Å²) in [5, 5.41) is 9.54. The molecule has 2 rings (SSSR count). The predicted octanol–water partition coefficient (Wildman–Crippen LogP) is 2.69. The second-order valence-electron chi connectivity index (χ2n) is 5.13. The van der Waals surface area contributed by atoms with Gasteiger partial charge >= 0.3 is 5.97 Å². The van der Waals surface area contributed by atoms with Crippen molar-refractivity contribution in [2.45, 2.75) is 38.1 Å². The fourth-order valence-corrected chi connectivity index (χ4v) is 2.96. The number of halogens is 1. The number of hydrogen-bond donors (Lipinski definition) is 1. The lowest BCUT2D eigenvalue weighted by Gasteiger charge is -2.34. The summed E-state index contributed by atoms with van der Waals surface area (Å²) in [7, 11) is 0. The van der Waals surface area contributed by atoms with Gasteiger partial charge in [0, 0.05) is 6.54 Å². The molecule has 1 N–H and O–H groups in total. The second-order valence-corrected chi connectivity index (χ2v) is 5.13. The van der Waals surface area contributed by atoms with Gasteiger partial charge in [0.25, 0.3) is 5.91 Å². The van der Waals surface area contributed by atoms with Gasteiger partial charge in [0.15, 0.2) is 0 Å². The van der Waals surface area contributed by atoms with Gasteiger partial charge in [-0.1, -0.05) is 25.5 Å². The molecule has 1 saturated heterocycles. The Morgan fingerprint density at radius 3 is 2.70 bits per heavy atom. The van der Waals surface area contributed by atoms with E-state index < -0.39 is 23.2 Å². The number of benzene rings is 1. The van der Waals surface area contributed by atoms with Crippen molar-refractivity contribution in [3.8, 4) is 0 Å². The van der Waals surface area contributed by atoms with Gasteiger partial charge in [-0.3, -0.25) is 4.79 Å². The van der Waals surface area contributed by atoms with Crippen molar-refractivity contribution in [1.29, 1.82) is 0 Å². The molecule has 108 valence electrons. The maximum atomic E-state index is 13.7. The highest BCUT2D eigenvalue weighted by Gasteiger charge is 2.49. The average Bonchev–Trinajstić information content (AvgIpc) is 2.84. The van der Waals surface area contributed by atoms with Gasteiger partial charge in [-0.25, -0.2) is 9.18 Å². The van der Waals surface area contributed by atoms with E-state index in [1.165, 1.54) is 23.1 Å². The molecule has 1 unspecified atom stereocenters. The summed E-state index contributed by atoms with van der Waals surface area (Å²) in [5.74, 6) is -2.14. The number of carbonyl (C=O) groups is 2. The first-order chi connectivity index (χ1) is 9.53. The number of rotatable bonds is 4. The minimum atomic E-state index is -1.19. The maximum absolute atomic E-state index is 13.7.